The first kappa shape index (κ1) is 14.5. The fourth-order valence-corrected chi connectivity index (χ4v) is 1.95. The zero-order valence-corrected chi connectivity index (χ0v) is 11.5. The molecule has 0 bridgehead atoms. The standard InChI is InChI=1S/C16H17F2NO/c1-10-3-5-14(11(2)19)16(7-10)20-9-12-8-13(17)4-6-15(12)18/h3-8,11H,9,19H2,1-2H3. The van der Waals surface area contributed by atoms with Gasteiger partial charge in [-0.25, -0.2) is 8.78 Å². The molecule has 0 saturated carbocycles. The highest BCUT2D eigenvalue weighted by atomic mass is 19.1. The van der Waals surface area contributed by atoms with E-state index in [0.29, 0.717) is 5.75 Å². The molecule has 1 atom stereocenters. The van der Waals surface area contributed by atoms with Crippen molar-refractivity contribution in [1.82, 2.24) is 0 Å². The number of ether oxygens (including phenoxy) is 1. The highest BCUT2D eigenvalue weighted by molar-refractivity contribution is 5.39. The second-order valence-corrected chi connectivity index (χ2v) is 4.85. The van der Waals surface area contributed by atoms with Crippen LogP contribution in [0, 0.1) is 18.6 Å². The van der Waals surface area contributed by atoms with E-state index in [0.717, 1.165) is 29.3 Å². The Balaban J connectivity index is 2.22. The van der Waals surface area contributed by atoms with Crippen molar-refractivity contribution < 1.29 is 13.5 Å². The quantitative estimate of drug-likeness (QED) is 0.920. The van der Waals surface area contributed by atoms with E-state index in [1.807, 2.05) is 32.0 Å². The molecule has 0 amide bonds. The number of halogens is 2. The summed E-state index contributed by atoms with van der Waals surface area (Å²) in [5, 5.41) is 0. The van der Waals surface area contributed by atoms with Gasteiger partial charge in [-0.3, -0.25) is 0 Å². The van der Waals surface area contributed by atoms with Crippen LogP contribution in [0.5, 0.6) is 5.75 Å². The number of hydrogen-bond acceptors (Lipinski definition) is 2. The molecule has 0 aliphatic carbocycles. The molecule has 4 heteroatoms. The topological polar surface area (TPSA) is 35.2 Å². The van der Waals surface area contributed by atoms with Crippen molar-refractivity contribution in [3.05, 3.63) is 64.7 Å². The van der Waals surface area contributed by atoms with Gasteiger partial charge in [-0.2, -0.15) is 0 Å². The molecule has 2 N–H and O–H groups in total. The lowest BCUT2D eigenvalue weighted by Crippen LogP contribution is -2.09. The lowest BCUT2D eigenvalue weighted by molar-refractivity contribution is 0.294. The maximum Gasteiger partial charge on any atom is 0.130 e. The summed E-state index contributed by atoms with van der Waals surface area (Å²) in [6.45, 7) is 3.74. The monoisotopic (exact) mass is 277 g/mol. The molecular formula is C16H17F2NO. The lowest BCUT2D eigenvalue weighted by atomic mass is 10.1. The van der Waals surface area contributed by atoms with Crippen LogP contribution in [0.3, 0.4) is 0 Å². The summed E-state index contributed by atoms with van der Waals surface area (Å²) < 4.78 is 32.3. The molecule has 0 saturated heterocycles. The third-order valence-corrected chi connectivity index (χ3v) is 3.05. The highest BCUT2D eigenvalue weighted by Gasteiger charge is 2.10. The van der Waals surface area contributed by atoms with Crippen LogP contribution in [0.1, 0.15) is 29.7 Å². The van der Waals surface area contributed by atoms with Crippen molar-refractivity contribution in [2.75, 3.05) is 0 Å². The zero-order chi connectivity index (χ0) is 14.7. The largest absolute Gasteiger partial charge is 0.488 e. The second kappa shape index (κ2) is 6.01. The summed E-state index contributed by atoms with van der Waals surface area (Å²) in [4.78, 5) is 0. The molecule has 0 radical (unpaired) electrons. The number of aryl methyl sites for hydroxylation is 1. The predicted molar refractivity (Wildman–Crippen MR) is 74.5 cm³/mol. The fraction of sp³-hybridized carbons (Fsp3) is 0.250. The van der Waals surface area contributed by atoms with Crippen molar-refractivity contribution >= 4 is 0 Å². The molecule has 2 aromatic rings. The third-order valence-electron chi connectivity index (χ3n) is 3.05. The molecule has 2 rings (SSSR count). The van der Waals surface area contributed by atoms with Crippen molar-refractivity contribution in [3.8, 4) is 5.75 Å². The van der Waals surface area contributed by atoms with E-state index in [1.54, 1.807) is 0 Å². The van der Waals surface area contributed by atoms with Crippen LogP contribution in [0.25, 0.3) is 0 Å². The van der Waals surface area contributed by atoms with Gasteiger partial charge in [0.2, 0.25) is 0 Å². The molecule has 0 spiro atoms. The van der Waals surface area contributed by atoms with Gasteiger partial charge in [0, 0.05) is 17.2 Å². The Kier molecular flexibility index (Phi) is 4.35. The Bertz CT molecular complexity index is 611. The van der Waals surface area contributed by atoms with Gasteiger partial charge in [0.05, 0.1) is 0 Å². The van der Waals surface area contributed by atoms with Crippen molar-refractivity contribution in [1.29, 1.82) is 0 Å². The summed E-state index contributed by atoms with van der Waals surface area (Å²) in [6.07, 6.45) is 0. The van der Waals surface area contributed by atoms with E-state index in [2.05, 4.69) is 0 Å². The summed E-state index contributed by atoms with van der Waals surface area (Å²) in [6, 6.07) is 8.79. The van der Waals surface area contributed by atoms with E-state index in [4.69, 9.17) is 10.5 Å². The van der Waals surface area contributed by atoms with Crippen molar-refractivity contribution in [2.45, 2.75) is 26.5 Å². The molecule has 106 valence electrons. The fourth-order valence-electron chi connectivity index (χ4n) is 1.95. The predicted octanol–water partition coefficient (Wildman–Crippen LogP) is 3.87. The summed E-state index contributed by atoms with van der Waals surface area (Å²) >= 11 is 0. The van der Waals surface area contributed by atoms with E-state index in [1.165, 1.54) is 0 Å². The molecule has 0 heterocycles. The smallest absolute Gasteiger partial charge is 0.130 e. The number of benzene rings is 2. The van der Waals surface area contributed by atoms with Gasteiger partial charge in [0.1, 0.15) is 24.0 Å². The van der Waals surface area contributed by atoms with Gasteiger partial charge >= 0.3 is 0 Å². The summed E-state index contributed by atoms with van der Waals surface area (Å²) in [5.41, 5.74) is 7.91. The maximum atomic E-state index is 13.5. The number of nitrogens with two attached hydrogens (primary N) is 1. The molecule has 0 aromatic heterocycles. The van der Waals surface area contributed by atoms with Crippen LogP contribution in [0.15, 0.2) is 36.4 Å². The Morgan fingerprint density at radius 1 is 1.15 bits per heavy atom. The van der Waals surface area contributed by atoms with Crippen LogP contribution >= 0.6 is 0 Å². The van der Waals surface area contributed by atoms with Gasteiger partial charge in [-0.15, -0.1) is 0 Å². The minimum absolute atomic E-state index is 0.0350. The lowest BCUT2D eigenvalue weighted by Gasteiger charge is -2.15. The number of hydrogen-bond donors (Lipinski definition) is 1. The van der Waals surface area contributed by atoms with Gasteiger partial charge < -0.3 is 10.5 Å². The van der Waals surface area contributed by atoms with E-state index < -0.39 is 11.6 Å². The molecule has 1 unspecified atom stereocenters. The Morgan fingerprint density at radius 2 is 1.90 bits per heavy atom. The minimum atomic E-state index is -0.485. The highest BCUT2D eigenvalue weighted by Crippen LogP contribution is 2.26. The van der Waals surface area contributed by atoms with Crippen LogP contribution in [-0.4, -0.2) is 0 Å². The zero-order valence-electron chi connectivity index (χ0n) is 11.5. The van der Waals surface area contributed by atoms with Crippen LogP contribution in [0.4, 0.5) is 8.78 Å². The third kappa shape index (κ3) is 3.33. The maximum absolute atomic E-state index is 13.5. The Hall–Kier alpha value is -1.94. The Labute approximate surface area is 117 Å². The number of rotatable bonds is 4. The van der Waals surface area contributed by atoms with E-state index in [-0.39, 0.29) is 18.2 Å². The molecule has 0 fully saturated rings. The van der Waals surface area contributed by atoms with Gasteiger partial charge in [-0.05, 0) is 43.7 Å². The minimum Gasteiger partial charge on any atom is -0.488 e. The molecular weight excluding hydrogens is 260 g/mol. The van der Waals surface area contributed by atoms with E-state index in [9.17, 15) is 8.78 Å². The summed E-state index contributed by atoms with van der Waals surface area (Å²) in [5.74, 6) is -0.369. The first-order chi connectivity index (χ1) is 9.47. The molecule has 2 nitrogen and oxygen atoms in total. The van der Waals surface area contributed by atoms with Gasteiger partial charge in [0.15, 0.2) is 0 Å². The first-order valence-corrected chi connectivity index (χ1v) is 6.40. The first-order valence-electron chi connectivity index (χ1n) is 6.40. The van der Waals surface area contributed by atoms with Gasteiger partial charge in [0.25, 0.3) is 0 Å². The van der Waals surface area contributed by atoms with Crippen LogP contribution in [-0.2, 0) is 6.61 Å². The average molecular weight is 277 g/mol. The average Bonchev–Trinajstić information content (AvgIpc) is 2.39. The van der Waals surface area contributed by atoms with Crippen molar-refractivity contribution in [3.63, 3.8) is 0 Å². The van der Waals surface area contributed by atoms with E-state index >= 15 is 0 Å². The molecule has 20 heavy (non-hydrogen) atoms. The molecule has 0 aliphatic rings. The van der Waals surface area contributed by atoms with Crippen LogP contribution < -0.4 is 10.5 Å². The second-order valence-electron chi connectivity index (χ2n) is 4.85. The van der Waals surface area contributed by atoms with Crippen LogP contribution in [0.2, 0.25) is 0 Å². The van der Waals surface area contributed by atoms with Gasteiger partial charge in [-0.1, -0.05) is 12.1 Å². The normalized spacial score (nSPS) is 12.2. The molecule has 2 aromatic carbocycles. The summed E-state index contributed by atoms with van der Waals surface area (Å²) in [7, 11) is 0. The Morgan fingerprint density at radius 3 is 2.60 bits per heavy atom. The molecule has 0 aliphatic heterocycles. The SMILES string of the molecule is Cc1ccc(C(C)N)c(OCc2cc(F)ccc2F)c1. The van der Waals surface area contributed by atoms with Crippen molar-refractivity contribution in [2.24, 2.45) is 5.73 Å².